The SMILES string of the molecule is CC(N)(C(=O)N1CCC(O)(C(F)(F)F)C1)c1ccc(Br)cc1. The van der Waals surface area contributed by atoms with E-state index in [0.717, 1.165) is 9.37 Å². The fraction of sp³-hybridized carbons (Fsp3) is 0.500. The number of hydrogen-bond acceptors (Lipinski definition) is 3. The van der Waals surface area contributed by atoms with Crippen LogP contribution in [0.15, 0.2) is 28.7 Å². The van der Waals surface area contributed by atoms with Gasteiger partial charge in [-0.15, -0.1) is 0 Å². The van der Waals surface area contributed by atoms with E-state index in [1.54, 1.807) is 24.3 Å². The third-order valence-electron chi connectivity index (χ3n) is 3.95. The van der Waals surface area contributed by atoms with Gasteiger partial charge in [0, 0.05) is 17.4 Å². The van der Waals surface area contributed by atoms with Gasteiger partial charge in [-0.3, -0.25) is 4.79 Å². The molecule has 1 fully saturated rings. The molecule has 0 aromatic heterocycles. The number of amides is 1. The van der Waals surface area contributed by atoms with Crippen LogP contribution in [-0.2, 0) is 10.3 Å². The van der Waals surface area contributed by atoms with Gasteiger partial charge in [0.05, 0.1) is 6.54 Å². The van der Waals surface area contributed by atoms with Crippen molar-refractivity contribution in [3.63, 3.8) is 0 Å². The highest BCUT2D eigenvalue weighted by atomic mass is 79.9. The minimum Gasteiger partial charge on any atom is -0.379 e. The Morgan fingerprint density at radius 2 is 1.91 bits per heavy atom. The van der Waals surface area contributed by atoms with Crippen molar-refractivity contribution in [2.75, 3.05) is 13.1 Å². The lowest BCUT2D eigenvalue weighted by molar-refractivity contribution is -0.253. The molecule has 1 aliphatic rings. The highest BCUT2D eigenvalue weighted by Crippen LogP contribution is 2.38. The Labute approximate surface area is 134 Å². The molecule has 2 unspecified atom stereocenters. The molecule has 1 amide bonds. The summed E-state index contributed by atoms with van der Waals surface area (Å²) in [6.45, 7) is 0.473. The number of carbonyl (C=O) groups excluding carboxylic acids is 1. The fourth-order valence-electron chi connectivity index (χ4n) is 2.45. The van der Waals surface area contributed by atoms with Gasteiger partial charge in [-0.2, -0.15) is 13.2 Å². The average Bonchev–Trinajstić information content (AvgIpc) is 2.82. The molecule has 3 N–H and O–H groups in total. The first-order valence-corrected chi connectivity index (χ1v) is 7.40. The normalized spacial score (nSPS) is 25.1. The third-order valence-corrected chi connectivity index (χ3v) is 4.48. The van der Waals surface area contributed by atoms with Gasteiger partial charge in [0.2, 0.25) is 5.91 Å². The van der Waals surface area contributed by atoms with Crippen LogP contribution in [0.3, 0.4) is 0 Å². The van der Waals surface area contributed by atoms with Gasteiger partial charge in [-0.1, -0.05) is 28.1 Å². The van der Waals surface area contributed by atoms with Crippen LogP contribution in [0.1, 0.15) is 18.9 Å². The summed E-state index contributed by atoms with van der Waals surface area (Å²) in [5, 5.41) is 9.65. The zero-order valence-electron chi connectivity index (χ0n) is 11.8. The fourth-order valence-corrected chi connectivity index (χ4v) is 2.71. The predicted octanol–water partition coefficient (Wildman–Crippen LogP) is 2.15. The molecule has 0 radical (unpaired) electrons. The van der Waals surface area contributed by atoms with Crippen molar-refractivity contribution in [2.24, 2.45) is 5.73 Å². The number of rotatable bonds is 2. The van der Waals surface area contributed by atoms with Gasteiger partial charge in [-0.05, 0) is 24.6 Å². The summed E-state index contributed by atoms with van der Waals surface area (Å²) in [7, 11) is 0. The van der Waals surface area contributed by atoms with E-state index in [9.17, 15) is 23.1 Å². The number of nitrogens with two attached hydrogens (primary N) is 1. The summed E-state index contributed by atoms with van der Waals surface area (Å²) in [5.74, 6) is -0.644. The smallest absolute Gasteiger partial charge is 0.379 e. The largest absolute Gasteiger partial charge is 0.419 e. The average molecular weight is 381 g/mol. The lowest BCUT2D eigenvalue weighted by atomic mass is 9.91. The number of benzene rings is 1. The lowest BCUT2D eigenvalue weighted by Crippen LogP contribution is -2.53. The number of β-amino-alcohol motifs (C(OH)–C–C–N with tert-alkyl or cyclic N) is 1. The highest BCUT2D eigenvalue weighted by Gasteiger charge is 2.58. The molecule has 0 saturated carbocycles. The Morgan fingerprint density at radius 1 is 1.36 bits per heavy atom. The van der Waals surface area contributed by atoms with Gasteiger partial charge < -0.3 is 15.7 Å². The summed E-state index contributed by atoms with van der Waals surface area (Å²) in [6.07, 6.45) is -5.32. The standard InChI is InChI=1S/C14H16BrF3N2O2/c1-12(19,9-2-4-10(15)5-3-9)11(21)20-7-6-13(22,8-20)14(16,17)18/h2-5,22H,6-8,19H2,1H3. The van der Waals surface area contributed by atoms with Crippen molar-refractivity contribution in [3.05, 3.63) is 34.3 Å². The van der Waals surface area contributed by atoms with E-state index in [1.165, 1.54) is 6.92 Å². The molecule has 1 aromatic rings. The topological polar surface area (TPSA) is 66.6 Å². The maximum atomic E-state index is 12.8. The van der Waals surface area contributed by atoms with Crippen LogP contribution in [-0.4, -0.2) is 40.8 Å². The molecule has 122 valence electrons. The zero-order chi connectivity index (χ0) is 16.8. The quantitative estimate of drug-likeness (QED) is 0.825. The van der Waals surface area contributed by atoms with Crippen molar-refractivity contribution < 1.29 is 23.1 Å². The molecular weight excluding hydrogens is 365 g/mol. The molecule has 0 bridgehead atoms. The van der Waals surface area contributed by atoms with Crippen molar-refractivity contribution >= 4 is 21.8 Å². The number of halogens is 4. The zero-order valence-corrected chi connectivity index (χ0v) is 13.4. The van der Waals surface area contributed by atoms with Crippen molar-refractivity contribution in [2.45, 2.75) is 30.7 Å². The van der Waals surface area contributed by atoms with E-state index in [0.29, 0.717) is 5.56 Å². The van der Waals surface area contributed by atoms with Crippen LogP contribution >= 0.6 is 15.9 Å². The van der Waals surface area contributed by atoms with E-state index in [2.05, 4.69) is 15.9 Å². The maximum absolute atomic E-state index is 12.8. The summed E-state index contributed by atoms with van der Waals surface area (Å²) in [6, 6.07) is 6.66. The minimum absolute atomic E-state index is 0.182. The Hall–Kier alpha value is -1.12. The number of hydrogen-bond donors (Lipinski definition) is 2. The van der Waals surface area contributed by atoms with Crippen LogP contribution in [0.5, 0.6) is 0 Å². The molecule has 0 aliphatic carbocycles. The summed E-state index contributed by atoms with van der Waals surface area (Å²) >= 11 is 3.26. The molecule has 1 heterocycles. The Balaban J connectivity index is 2.20. The van der Waals surface area contributed by atoms with Gasteiger partial charge in [0.15, 0.2) is 5.60 Å². The highest BCUT2D eigenvalue weighted by molar-refractivity contribution is 9.10. The first-order valence-electron chi connectivity index (χ1n) is 6.61. The summed E-state index contributed by atoms with van der Waals surface area (Å²) in [4.78, 5) is 13.4. The molecule has 0 spiro atoms. The molecule has 22 heavy (non-hydrogen) atoms. The summed E-state index contributed by atoms with van der Waals surface area (Å²) < 4.78 is 39.3. The van der Waals surface area contributed by atoms with Crippen LogP contribution in [0.2, 0.25) is 0 Å². The summed E-state index contributed by atoms with van der Waals surface area (Å²) in [5.41, 5.74) is 2.21. The predicted molar refractivity (Wildman–Crippen MR) is 77.9 cm³/mol. The monoisotopic (exact) mass is 380 g/mol. The van der Waals surface area contributed by atoms with Crippen molar-refractivity contribution in [1.82, 2.24) is 4.90 Å². The van der Waals surface area contributed by atoms with Gasteiger partial charge in [-0.25, -0.2) is 0 Å². The number of alkyl halides is 3. The minimum atomic E-state index is -4.77. The van der Waals surface area contributed by atoms with Gasteiger partial charge >= 0.3 is 6.18 Å². The number of likely N-dealkylation sites (tertiary alicyclic amines) is 1. The molecule has 8 heteroatoms. The second-order valence-electron chi connectivity index (χ2n) is 5.72. The third kappa shape index (κ3) is 3.00. The molecule has 1 aromatic carbocycles. The molecule has 2 atom stereocenters. The van der Waals surface area contributed by atoms with E-state index < -0.39 is 36.2 Å². The molecular formula is C14H16BrF3N2O2. The number of aliphatic hydroxyl groups is 1. The first-order chi connectivity index (χ1) is 9.97. The van der Waals surface area contributed by atoms with Crippen LogP contribution in [0.25, 0.3) is 0 Å². The Bertz CT molecular complexity index is 574. The first kappa shape index (κ1) is 17.2. The van der Waals surface area contributed by atoms with E-state index in [4.69, 9.17) is 5.73 Å². The number of carbonyl (C=O) groups is 1. The molecule has 2 rings (SSSR count). The lowest BCUT2D eigenvalue weighted by Gasteiger charge is -2.31. The van der Waals surface area contributed by atoms with Crippen molar-refractivity contribution in [1.29, 1.82) is 0 Å². The second-order valence-corrected chi connectivity index (χ2v) is 6.63. The number of nitrogens with zero attached hydrogens (tertiary/aromatic N) is 1. The van der Waals surface area contributed by atoms with E-state index in [-0.39, 0.29) is 6.54 Å². The maximum Gasteiger partial charge on any atom is 0.419 e. The molecule has 1 aliphatic heterocycles. The molecule has 1 saturated heterocycles. The second kappa shape index (κ2) is 5.50. The van der Waals surface area contributed by atoms with Crippen molar-refractivity contribution in [3.8, 4) is 0 Å². The van der Waals surface area contributed by atoms with Crippen LogP contribution < -0.4 is 5.73 Å². The van der Waals surface area contributed by atoms with Crippen LogP contribution in [0.4, 0.5) is 13.2 Å². The van der Waals surface area contributed by atoms with E-state index in [1.807, 2.05) is 0 Å². The van der Waals surface area contributed by atoms with Crippen LogP contribution in [0, 0.1) is 0 Å². The van der Waals surface area contributed by atoms with Gasteiger partial charge in [0.25, 0.3) is 0 Å². The Kier molecular flexibility index (Phi) is 4.31. The van der Waals surface area contributed by atoms with E-state index >= 15 is 0 Å². The van der Waals surface area contributed by atoms with Gasteiger partial charge in [0.1, 0.15) is 5.54 Å². The Morgan fingerprint density at radius 3 is 2.36 bits per heavy atom. The molecule has 4 nitrogen and oxygen atoms in total.